The highest BCUT2D eigenvalue weighted by Gasteiger charge is 1.96. The smallest absolute Gasteiger partial charge is 0.0128 e. The van der Waals surface area contributed by atoms with Crippen molar-refractivity contribution >= 4 is 9.24 Å². The number of hydrogen-bond acceptors (Lipinski definition) is 0. The molecular weight excluding hydrogens is 163 g/mol. The van der Waals surface area contributed by atoms with E-state index in [4.69, 9.17) is 0 Å². The van der Waals surface area contributed by atoms with Crippen LogP contribution in [0.3, 0.4) is 0 Å². The summed E-state index contributed by atoms with van der Waals surface area (Å²) in [6.07, 6.45) is 3.36. The molecule has 1 atom stereocenters. The molecule has 0 bridgehead atoms. The fraction of sp³-hybridized carbons (Fsp3) is 0.455. The quantitative estimate of drug-likeness (QED) is 0.627. The van der Waals surface area contributed by atoms with Crippen LogP contribution in [0.15, 0.2) is 18.2 Å². The third-order valence-corrected chi connectivity index (χ3v) is 2.64. The Kier molecular flexibility index (Phi) is 3.75. The van der Waals surface area contributed by atoms with Gasteiger partial charge < -0.3 is 0 Å². The van der Waals surface area contributed by atoms with Crippen molar-refractivity contribution in [3.63, 3.8) is 0 Å². The summed E-state index contributed by atoms with van der Waals surface area (Å²) in [5.74, 6) is 0. The topological polar surface area (TPSA) is 0 Å². The van der Waals surface area contributed by atoms with Gasteiger partial charge in [-0.3, -0.25) is 0 Å². The van der Waals surface area contributed by atoms with Gasteiger partial charge in [-0.25, -0.2) is 0 Å². The van der Waals surface area contributed by atoms with E-state index >= 15 is 0 Å². The van der Waals surface area contributed by atoms with Crippen molar-refractivity contribution in [2.24, 2.45) is 0 Å². The Bertz CT molecular complexity index is 198. The molecule has 0 aliphatic carbocycles. The molecule has 0 N–H and O–H groups in total. The van der Waals surface area contributed by atoms with Crippen LogP contribution < -0.4 is 0 Å². The first-order valence-corrected chi connectivity index (χ1v) is 5.43. The van der Waals surface area contributed by atoms with Crippen LogP contribution in [-0.4, -0.2) is 0 Å². The minimum absolute atomic E-state index is 1.07. The normalized spacial score (nSPS) is 10.2. The van der Waals surface area contributed by atoms with E-state index in [0.29, 0.717) is 0 Å². The van der Waals surface area contributed by atoms with Gasteiger partial charge in [0.1, 0.15) is 0 Å². The second-order valence-corrected chi connectivity index (χ2v) is 3.48. The Morgan fingerprint density at radius 2 is 1.33 bits per heavy atom. The number of rotatable bonds is 3. The maximum absolute atomic E-state index is 2.78. The summed E-state index contributed by atoms with van der Waals surface area (Å²) >= 11 is 0. The van der Waals surface area contributed by atoms with Crippen molar-refractivity contribution in [2.45, 2.75) is 32.9 Å². The summed E-state index contributed by atoms with van der Waals surface area (Å²) in [6.45, 7) is 4.42. The van der Waals surface area contributed by atoms with Crippen molar-refractivity contribution in [3.05, 3.63) is 34.9 Å². The van der Waals surface area contributed by atoms with E-state index in [9.17, 15) is 0 Å². The predicted octanol–water partition coefficient (Wildman–Crippen LogP) is 3.19. The van der Waals surface area contributed by atoms with Crippen molar-refractivity contribution in [2.75, 3.05) is 0 Å². The third kappa shape index (κ3) is 2.32. The molecule has 0 amide bonds. The van der Waals surface area contributed by atoms with Gasteiger partial charge in [0.15, 0.2) is 0 Å². The van der Waals surface area contributed by atoms with Crippen LogP contribution >= 0.6 is 9.24 Å². The average molecular weight is 180 g/mol. The number of aryl methyl sites for hydroxylation is 2. The molecule has 1 heteroatoms. The summed E-state index contributed by atoms with van der Waals surface area (Å²) in [7, 11) is 2.78. The summed E-state index contributed by atoms with van der Waals surface area (Å²) in [5, 5.41) is 0. The van der Waals surface area contributed by atoms with Crippen LogP contribution in [0.5, 0.6) is 0 Å². The van der Waals surface area contributed by atoms with Crippen LogP contribution in [0, 0.1) is 0 Å². The summed E-state index contributed by atoms with van der Waals surface area (Å²) in [6, 6.07) is 6.90. The van der Waals surface area contributed by atoms with E-state index in [-0.39, 0.29) is 0 Å². The summed E-state index contributed by atoms with van der Waals surface area (Å²) < 4.78 is 0. The predicted molar refractivity (Wildman–Crippen MR) is 58.6 cm³/mol. The van der Waals surface area contributed by atoms with Crippen LogP contribution in [0.4, 0.5) is 0 Å². The van der Waals surface area contributed by atoms with E-state index in [1.165, 1.54) is 16.7 Å². The Morgan fingerprint density at radius 3 is 1.67 bits per heavy atom. The summed E-state index contributed by atoms with van der Waals surface area (Å²) in [5.41, 5.74) is 4.37. The lowest BCUT2D eigenvalue weighted by Gasteiger charge is -2.05. The summed E-state index contributed by atoms with van der Waals surface area (Å²) in [4.78, 5) is 0. The molecule has 0 nitrogen and oxygen atoms in total. The molecule has 0 fully saturated rings. The zero-order valence-electron chi connectivity index (χ0n) is 7.93. The molecule has 0 saturated carbocycles. The highest BCUT2D eigenvalue weighted by atomic mass is 31.0. The Morgan fingerprint density at radius 1 is 0.917 bits per heavy atom. The van der Waals surface area contributed by atoms with Crippen molar-refractivity contribution in [1.29, 1.82) is 0 Å². The van der Waals surface area contributed by atoms with Gasteiger partial charge >= 0.3 is 0 Å². The van der Waals surface area contributed by atoms with Crippen LogP contribution in [0.2, 0.25) is 0 Å². The van der Waals surface area contributed by atoms with E-state index in [1.54, 1.807) is 0 Å². The lowest BCUT2D eigenvalue weighted by atomic mass is 10.0. The van der Waals surface area contributed by atoms with Crippen LogP contribution in [-0.2, 0) is 19.0 Å². The third-order valence-electron chi connectivity index (χ3n) is 2.16. The molecule has 1 aromatic carbocycles. The fourth-order valence-corrected chi connectivity index (χ4v) is 1.60. The zero-order chi connectivity index (χ0) is 8.97. The van der Waals surface area contributed by atoms with Gasteiger partial charge in [-0.1, -0.05) is 32.0 Å². The van der Waals surface area contributed by atoms with Crippen molar-refractivity contribution in [3.8, 4) is 0 Å². The highest BCUT2D eigenvalue weighted by Crippen LogP contribution is 2.14. The van der Waals surface area contributed by atoms with Gasteiger partial charge in [-0.05, 0) is 35.7 Å². The molecule has 0 aliphatic heterocycles. The molecule has 12 heavy (non-hydrogen) atoms. The largest absolute Gasteiger partial charge is 0.133 e. The van der Waals surface area contributed by atoms with E-state index in [2.05, 4.69) is 41.3 Å². The van der Waals surface area contributed by atoms with Crippen LogP contribution in [0.1, 0.15) is 30.5 Å². The fourth-order valence-electron chi connectivity index (χ4n) is 1.37. The Labute approximate surface area is 77.6 Å². The second-order valence-electron chi connectivity index (χ2n) is 3.07. The molecular formula is C11H17P. The maximum atomic E-state index is 2.78. The monoisotopic (exact) mass is 180 g/mol. The molecule has 0 saturated heterocycles. The van der Waals surface area contributed by atoms with E-state index in [0.717, 1.165) is 19.0 Å². The first-order chi connectivity index (χ1) is 5.80. The highest BCUT2D eigenvalue weighted by molar-refractivity contribution is 7.15. The first-order valence-electron chi connectivity index (χ1n) is 4.62. The zero-order valence-corrected chi connectivity index (χ0v) is 9.09. The molecule has 0 aliphatic rings. The molecule has 0 aromatic heterocycles. The lowest BCUT2D eigenvalue weighted by Crippen LogP contribution is -1.89. The molecule has 1 rings (SSSR count). The molecule has 0 spiro atoms. The molecule has 66 valence electrons. The minimum atomic E-state index is 1.07. The molecule has 1 aromatic rings. The first kappa shape index (κ1) is 9.74. The number of benzene rings is 1. The van der Waals surface area contributed by atoms with Gasteiger partial charge in [-0.15, -0.1) is 9.24 Å². The average Bonchev–Trinajstić information content (AvgIpc) is 2.16. The molecule has 0 heterocycles. The van der Waals surface area contributed by atoms with Gasteiger partial charge in [0, 0.05) is 0 Å². The standard InChI is InChI=1S/C11H17P/c1-3-9-5-10(4-2)7-11(6-9)8-12/h5-7H,3-4,8,12H2,1-2H3. The van der Waals surface area contributed by atoms with Gasteiger partial charge in [-0.2, -0.15) is 0 Å². The van der Waals surface area contributed by atoms with Crippen molar-refractivity contribution < 1.29 is 0 Å². The Balaban J connectivity index is 3.01. The van der Waals surface area contributed by atoms with Crippen LogP contribution in [0.25, 0.3) is 0 Å². The number of hydrogen-bond donors (Lipinski definition) is 0. The lowest BCUT2D eigenvalue weighted by molar-refractivity contribution is 1.07. The molecule has 0 radical (unpaired) electrons. The molecule has 1 unspecified atom stereocenters. The SMILES string of the molecule is CCc1cc(CC)cc(CP)c1. The van der Waals surface area contributed by atoms with Gasteiger partial charge in [0.25, 0.3) is 0 Å². The van der Waals surface area contributed by atoms with E-state index in [1.807, 2.05) is 0 Å². The maximum Gasteiger partial charge on any atom is -0.0128 e. The minimum Gasteiger partial charge on any atom is -0.133 e. The van der Waals surface area contributed by atoms with Gasteiger partial charge in [0.05, 0.1) is 0 Å². The Hall–Kier alpha value is -0.350. The van der Waals surface area contributed by atoms with Gasteiger partial charge in [0.2, 0.25) is 0 Å². The van der Waals surface area contributed by atoms with Crippen molar-refractivity contribution in [1.82, 2.24) is 0 Å². The van der Waals surface area contributed by atoms with E-state index < -0.39 is 0 Å². The second kappa shape index (κ2) is 4.62.